The summed E-state index contributed by atoms with van der Waals surface area (Å²) < 4.78 is 0. The van der Waals surface area contributed by atoms with Crippen LogP contribution in [0.5, 0.6) is 0 Å². The highest BCUT2D eigenvalue weighted by Gasteiger charge is 2.15. The molecule has 0 aliphatic rings. The Bertz CT molecular complexity index is 756. The summed E-state index contributed by atoms with van der Waals surface area (Å²) in [7, 11) is 0. The number of hydrogen-bond donors (Lipinski definition) is 2. The van der Waals surface area contributed by atoms with Gasteiger partial charge in [-0.3, -0.25) is 14.9 Å². The SMILES string of the molecule is Cc1ccc(CO)cc1NC(=O)Cc1cccc([N+](=O)[O-])c1C. The Morgan fingerprint density at radius 3 is 2.65 bits per heavy atom. The topological polar surface area (TPSA) is 92.5 Å². The molecule has 0 saturated carbocycles. The summed E-state index contributed by atoms with van der Waals surface area (Å²) in [5.41, 5.74) is 3.34. The molecule has 0 heterocycles. The molecule has 0 aromatic heterocycles. The van der Waals surface area contributed by atoms with Crippen LogP contribution in [-0.2, 0) is 17.8 Å². The molecule has 6 nitrogen and oxygen atoms in total. The van der Waals surface area contributed by atoms with Crippen LogP contribution in [0.25, 0.3) is 0 Å². The van der Waals surface area contributed by atoms with Crippen molar-refractivity contribution in [3.63, 3.8) is 0 Å². The minimum Gasteiger partial charge on any atom is -0.392 e. The Morgan fingerprint density at radius 1 is 1.26 bits per heavy atom. The molecule has 2 aromatic carbocycles. The number of carbonyl (C=O) groups is 1. The molecule has 120 valence electrons. The van der Waals surface area contributed by atoms with Crippen LogP contribution in [0, 0.1) is 24.0 Å². The molecule has 0 atom stereocenters. The van der Waals surface area contributed by atoms with Crippen molar-refractivity contribution in [1.29, 1.82) is 0 Å². The first-order chi connectivity index (χ1) is 10.9. The predicted molar refractivity (Wildman–Crippen MR) is 87.3 cm³/mol. The van der Waals surface area contributed by atoms with E-state index in [-0.39, 0.29) is 24.6 Å². The molecule has 0 aliphatic carbocycles. The van der Waals surface area contributed by atoms with E-state index in [1.54, 1.807) is 31.2 Å². The number of aryl methyl sites for hydroxylation is 1. The second-order valence-electron chi connectivity index (χ2n) is 5.35. The van der Waals surface area contributed by atoms with Gasteiger partial charge in [-0.1, -0.05) is 24.3 Å². The van der Waals surface area contributed by atoms with Crippen molar-refractivity contribution in [2.75, 3.05) is 5.32 Å². The number of nitro benzene ring substituents is 1. The van der Waals surface area contributed by atoms with Gasteiger partial charge in [-0.2, -0.15) is 0 Å². The van der Waals surface area contributed by atoms with Gasteiger partial charge in [0.1, 0.15) is 0 Å². The quantitative estimate of drug-likeness (QED) is 0.655. The van der Waals surface area contributed by atoms with Crippen molar-refractivity contribution in [2.24, 2.45) is 0 Å². The maximum Gasteiger partial charge on any atom is 0.272 e. The lowest BCUT2D eigenvalue weighted by Gasteiger charge is -2.11. The zero-order valence-electron chi connectivity index (χ0n) is 13.0. The molecule has 0 spiro atoms. The van der Waals surface area contributed by atoms with Crippen molar-refractivity contribution < 1.29 is 14.8 Å². The highest BCUT2D eigenvalue weighted by molar-refractivity contribution is 5.93. The number of nitrogens with one attached hydrogen (secondary N) is 1. The summed E-state index contributed by atoms with van der Waals surface area (Å²) in [6, 6.07) is 10.0. The molecule has 2 N–H and O–H groups in total. The number of aliphatic hydroxyl groups excluding tert-OH is 1. The Labute approximate surface area is 133 Å². The zero-order chi connectivity index (χ0) is 17.0. The molecule has 0 fully saturated rings. The predicted octanol–water partition coefficient (Wildman–Crippen LogP) is 2.89. The molecule has 0 saturated heterocycles. The third-order valence-corrected chi connectivity index (χ3v) is 3.72. The van der Waals surface area contributed by atoms with E-state index in [1.807, 2.05) is 13.0 Å². The number of hydrogen-bond acceptors (Lipinski definition) is 4. The van der Waals surface area contributed by atoms with Crippen molar-refractivity contribution in [2.45, 2.75) is 26.9 Å². The number of rotatable bonds is 5. The summed E-state index contributed by atoms with van der Waals surface area (Å²) >= 11 is 0. The van der Waals surface area contributed by atoms with Crippen molar-refractivity contribution in [1.82, 2.24) is 0 Å². The van der Waals surface area contributed by atoms with Crippen molar-refractivity contribution >= 4 is 17.3 Å². The molecule has 0 aliphatic heterocycles. The fraction of sp³-hybridized carbons (Fsp3) is 0.235. The van der Waals surface area contributed by atoms with Gasteiger partial charge in [0, 0.05) is 17.3 Å². The lowest BCUT2D eigenvalue weighted by atomic mass is 10.0. The van der Waals surface area contributed by atoms with E-state index in [1.165, 1.54) is 6.07 Å². The summed E-state index contributed by atoms with van der Waals surface area (Å²) in [6.07, 6.45) is 0.0519. The maximum atomic E-state index is 12.2. The minimum absolute atomic E-state index is 0.00811. The standard InChI is InChI=1S/C17H18N2O4/c1-11-6-7-13(10-20)8-15(11)18-17(21)9-14-4-3-5-16(12(14)2)19(22)23/h3-8,20H,9-10H2,1-2H3,(H,18,21). The van der Waals surface area contributed by atoms with Crippen molar-refractivity contribution in [3.8, 4) is 0 Å². The van der Waals surface area contributed by atoms with E-state index in [0.717, 1.165) is 5.56 Å². The van der Waals surface area contributed by atoms with Gasteiger partial charge in [0.05, 0.1) is 18.0 Å². The van der Waals surface area contributed by atoms with E-state index >= 15 is 0 Å². The van der Waals surface area contributed by atoms with E-state index in [2.05, 4.69) is 5.32 Å². The minimum atomic E-state index is -0.453. The molecule has 1 amide bonds. The lowest BCUT2D eigenvalue weighted by Crippen LogP contribution is -2.16. The zero-order valence-corrected chi connectivity index (χ0v) is 13.0. The van der Waals surface area contributed by atoms with Gasteiger partial charge in [0.25, 0.3) is 5.69 Å². The van der Waals surface area contributed by atoms with Crippen LogP contribution in [0.3, 0.4) is 0 Å². The summed E-state index contributed by atoms with van der Waals surface area (Å²) in [6.45, 7) is 3.39. The van der Waals surface area contributed by atoms with Gasteiger partial charge in [-0.25, -0.2) is 0 Å². The second-order valence-corrected chi connectivity index (χ2v) is 5.35. The number of amides is 1. The highest BCUT2D eigenvalue weighted by Crippen LogP contribution is 2.22. The number of nitrogens with zero attached hydrogens (tertiary/aromatic N) is 1. The van der Waals surface area contributed by atoms with Crippen LogP contribution in [-0.4, -0.2) is 15.9 Å². The van der Waals surface area contributed by atoms with Crippen LogP contribution in [0.1, 0.15) is 22.3 Å². The highest BCUT2D eigenvalue weighted by atomic mass is 16.6. The van der Waals surface area contributed by atoms with E-state index in [4.69, 9.17) is 5.11 Å². The third kappa shape index (κ3) is 3.92. The molecule has 0 radical (unpaired) electrons. The van der Waals surface area contributed by atoms with Gasteiger partial charge in [-0.05, 0) is 36.6 Å². The number of nitro groups is 1. The van der Waals surface area contributed by atoms with Crippen LogP contribution < -0.4 is 5.32 Å². The average Bonchev–Trinajstić information content (AvgIpc) is 2.51. The van der Waals surface area contributed by atoms with E-state index in [9.17, 15) is 14.9 Å². The van der Waals surface area contributed by atoms with Crippen LogP contribution in [0.15, 0.2) is 36.4 Å². The molecule has 2 rings (SSSR count). The third-order valence-electron chi connectivity index (χ3n) is 3.72. The molecular weight excluding hydrogens is 296 g/mol. The number of anilines is 1. The van der Waals surface area contributed by atoms with E-state index in [0.29, 0.717) is 22.4 Å². The van der Waals surface area contributed by atoms with Crippen LogP contribution in [0.4, 0.5) is 11.4 Å². The van der Waals surface area contributed by atoms with Gasteiger partial charge in [0.2, 0.25) is 5.91 Å². The molecule has 0 bridgehead atoms. The van der Waals surface area contributed by atoms with Crippen LogP contribution in [0.2, 0.25) is 0 Å². The first kappa shape index (κ1) is 16.6. The Morgan fingerprint density at radius 2 is 2.00 bits per heavy atom. The number of carbonyl (C=O) groups excluding carboxylic acids is 1. The fourth-order valence-electron chi connectivity index (χ4n) is 2.33. The van der Waals surface area contributed by atoms with Gasteiger partial charge >= 0.3 is 0 Å². The van der Waals surface area contributed by atoms with Gasteiger partial charge in [0.15, 0.2) is 0 Å². The molecule has 6 heteroatoms. The van der Waals surface area contributed by atoms with Gasteiger partial charge < -0.3 is 10.4 Å². The summed E-state index contributed by atoms with van der Waals surface area (Å²) in [4.78, 5) is 22.7. The largest absolute Gasteiger partial charge is 0.392 e. The normalized spacial score (nSPS) is 10.4. The lowest BCUT2D eigenvalue weighted by molar-refractivity contribution is -0.385. The Hall–Kier alpha value is -2.73. The average molecular weight is 314 g/mol. The maximum absolute atomic E-state index is 12.2. The number of aliphatic hydroxyl groups is 1. The summed E-state index contributed by atoms with van der Waals surface area (Å²) in [5, 5.41) is 22.9. The molecule has 0 unspecified atom stereocenters. The number of benzene rings is 2. The second kappa shape index (κ2) is 7.02. The smallest absolute Gasteiger partial charge is 0.272 e. The molecular formula is C17H18N2O4. The summed E-state index contributed by atoms with van der Waals surface area (Å²) in [5.74, 6) is -0.258. The molecule has 23 heavy (non-hydrogen) atoms. The first-order valence-corrected chi connectivity index (χ1v) is 7.15. The fourth-order valence-corrected chi connectivity index (χ4v) is 2.33. The Balaban J connectivity index is 2.17. The Kier molecular flexibility index (Phi) is 5.08. The van der Waals surface area contributed by atoms with Crippen LogP contribution >= 0.6 is 0 Å². The first-order valence-electron chi connectivity index (χ1n) is 7.15. The van der Waals surface area contributed by atoms with Crippen molar-refractivity contribution in [3.05, 3.63) is 68.8 Å². The monoisotopic (exact) mass is 314 g/mol. The molecule has 2 aromatic rings. The van der Waals surface area contributed by atoms with Gasteiger partial charge in [-0.15, -0.1) is 0 Å². The van der Waals surface area contributed by atoms with E-state index < -0.39 is 4.92 Å².